The summed E-state index contributed by atoms with van der Waals surface area (Å²) in [5.74, 6) is 0. The summed E-state index contributed by atoms with van der Waals surface area (Å²) in [4.78, 5) is 4.04. The van der Waals surface area contributed by atoms with Crippen molar-refractivity contribution < 1.29 is 0 Å². The van der Waals surface area contributed by atoms with Gasteiger partial charge in [0.1, 0.15) is 0 Å². The summed E-state index contributed by atoms with van der Waals surface area (Å²) in [6.07, 6.45) is 4.34. The molecular weight excluding hydrogens is 174 g/mol. The fourth-order valence-corrected chi connectivity index (χ4v) is 1.50. The first-order valence-electron chi connectivity index (χ1n) is 4.85. The number of pyridine rings is 1. The van der Waals surface area contributed by atoms with Crippen LogP contribution in [0.1, 0.15) is 38.8 Å². The zero-order valence-electron chi connectivity index (χ0n) is 9.12. The van der Waals surface area contributed by atoms with E-state index in [0.29, 0.717) is 0 Å². The van der Waals surface area contributed by atoms with E-state index < -0.39 is 0 Å². The molecule has 0 aliphatic heterocycles. The SMILES string of the molecule is CC(C)(C)C[C@@H](N)c1cnccc1N. The number of anilines is 1. The van der Waals surface area contributed by atoms with E-state index in [1.807, 2.05) is 0 Å². The number of hydrogen-bond donors (Lipinski definition) is 2. The van der Waals surface area contributed by atoms with Crippen LogP contribution in [0.3, 0.4) is 0 Å². The highest BCUT2D eigenvalue weighted by Gasteiger charge is 2.18. The number of hydrogen-bond acceptors (Lipinski definition) is 3. The van der Waals surface area contributed by atoms with Gasteiger partial charge in [0, 0.05) is 29.7 Å². The second kappa shape index (κ2) is 3.96. The Morgan fingerprint density at radius 3 is 2.57 bits per heavy atom. The molecule has 3 nitrogen and oxygen atoms in total. The molecular formula is C11H19N3. The molecule has 1 rings (SSSR count). The highest BCUT2D eigenvalue weighted by Crippen LogP contribution is 2.29. The standard InChI is InChI=1S/C11H19N3/c1-11(2,3)6-10(13)8-7-14-5-4-9(8)12/h4-5,7,10H,6,13H2,1-3H3,(H2,12,14)/t10-/m1/s1. The number of nitrogens with two attached hydrogens (primary N) is 2. The van der Waals surface area contributed by atoms with E-state index in [-0.39, 0.29) is 11.5 Å². The minimum atomic E-state index is -0.0244. The Morgan fingerprint density at radius 1 is 1.43 bits per heavy atom. The lowest BCUT2D eigenvalue weighted by Gasteiger charge is -2.23. The molecule has 14 heavy (non-hydrogen) atoms. The van der Waals surface area contributed by atoms with Gasteiger partial charge in [-0.05, 0) is 17.9 Å². The van der Waals surface area contributed by atoms with Crippen LogP contribution in [-0.2, 0) is 0 Å². The molecule has 0 aliphatic rings. The van der Waals surface area contributed by atoms with E-state index in [1.54, 1.807) is 18.5 Å². The first-order chi connectivity index (χ1) is 6.40. The van der Waals surface area contributed by atoms with Gasteiger partial charge in [0.05, 0.1) is 0 Å². The van der Waals surface area contributed by atoms with Crippen LogP contribution in [0.15, 0.2) is 18.5 Å². The molecule has 1 aromatic rings. The second-order valence-electron chi connectivity index (χ2n) is 4.88. The first kappa shape index (κ1) is 11.0. The second-order valence-corrected chi connectivity index (χ2v) is 4.88. The van der Waals surface area contributed by atoms with Gasteiger partial charge in [-0.2, -0.15) is 0 Å². The Balaban J connectivity index is 2.80. The number of aromatic nitrogens is 1. The topological polar surface area (TPSA) is 64.9 Å². The highest BCUT2D eigenvalue weighted by molar-refractivity contribution is 5.46. The Morgan fingerprint density at radius 2 is 2.07 bits per heavy atom. The van der Waals surface area contributed by atoms with Crippen LogP contribution in [0.5, 0.6) is 0 Å². The lowest BCUT2D eigenvalue weighted by atomic mass is 9.86. The van der Waals surface area contributed by atoms with Crippen molar-refractivity contribution >= 4 is 5.69 Å². The van der Waals surface area contributed by atoms with Gasteiger partial charge < -0.3 is 11.5 Å². The van der Waals surface area contributed by atoms with Gasteiger partial charge in [0.25, 0.3) is 0 Å². The van der Waals surface area contributed by atoms with Gasteiger partial charge in [-0.1, -0.05) is 20.8 Å². The van der Waals surface area contributed by atoms with Gasteiger partial charge in [-0.3, -0.25) is 4.98 Å². The summed E-state index contributed by atoms with van der Waals surface area (Å²) < 4.78 is 0. The maximum atomic E-state index is 6.06. The molecule has 0 unspecified atom stereocenters. The molecule has 0 spiro atoms. The predicted molar refractivity (Wildman–Crippen MR) is 59.6 cm³/mol. The molecule has 0 aliphatic carbocycles. The van der Waals surface area contributed by atoms with Crippen molar-refractivity contribution in [2.45, 2.75) is 33.2 Å². The Labute approximate surface area is 85.5 Å². The Bertz CT molecular complexity index is 302. The first-order valence-corrected chi connectivity index (χ1v) is 4.85. The quantitative estimate of drug-likeness (QED) is 0.756. The zero-order valence-corrected chi connectivity index (χ0v) is 9.12. The normalized spacial score (nSPS) is 14.0. The Kier molecular flexibility index (Phi) is 3.11. The van der Waals surface area contributed by atoms with E-state index in [9.17, 15) is 0 Å². The van der Waals surface area contributed by atoms with Gasteiger partial charge >= 0.3 is 0 Å². The third-order valence-corrected chi connectivity index (χ3v) is 2.12. The van der Waals surface area contributed by atoms with Crippen molar-refractivity contribution in [3.05, 3.63) is 24.0 Å². The molecule has 1 atom stereocenters. The van der Waals surface area contributed by atoms with Crippen molar-refractivity contribution in [3.8, 4) is 0 Å². The maximum absolute atomic E-state index is 6.06. The van der Waals surface area contributed by atoms with Gasteiger partial charge in [-0.25, -0.2) is 0 Å². The molecule has 4 N–H and O–H groups in total. The molecule has 3 heteroatoms. The largest absolute Gasteiger partial charge is 0.398 e. The average Bonchev–Trinajstić information content (AvgIpc) is 2.01. The van der Waals surface area contributed by atoms with Gasteiger partial charge in [0.2, 0.25) is 0 Å². The highest BCUT2D eigenvalue weighted by atomic mass is 14.7. The van der Waals surface area contributed by atoms with Crippen molar-refractivity contribution in [1.29, 1.82) is 0 Å². The summed E-state index contributed by atoms with van der Waals surface area (Å²) in [5, 5.41) is 0. The number of rotatable bonds is 2. The molecule has 0 saturated carbocycles. The zero-order chi connectivity index (χ0) is 10.8. The minimum absolute atomic E-state index is 0.0244. The van der Waals surface area contributed by atoms with Crippen LogP contribution in [0.2, 0.25) is 0 Å². The lowest BCUT2D eigenvalue weighted by molar-refractivity contribution is 0.343. The van der Waals surface area contributed by atoms with Gasteiger partial charge in [-0.15, -0.1) is 0 Å². The van der Waals surface area contributed by atoms with Crippen LogP contribution in [0.25, 0.3) is 0 Å². The summed E-state index contributed by atoms with van der Waals surface area (Å²) in [7, 11) is 0. The fourth-order valence-electron chi connectivity index (χ4n) is 1.50. The fraction of sp³-hybridized carbons (Fsp3) is 0.545. The summed E-state index contributed by atoms with van der Waals surface area (Å²) in [5.41, 5.74) is 13.8. The monoisotopic (exact) mass is 193 g/mol. The van der Waals surface area contributed by atoms with Crippen LogP contribution >= 0.6 is 0 Å². The van der Waals surface area contributed by atoms with Crippen LogP contribution < -0.4 is 11.5 Å². The third kappa shape index (κ3) is 3.00. The summed E-state index contributed by atoms with van der Waals surface area (Å²) >= 11 is 0. The van der Waals surface area contributed by atoms with Crippen molar-refractivity contribution in [3.63, 3.8) is 0 Å². The minimum Gasteiger partial charge on any atom is -0.398 e. The van der Waals surface area contributed by atoms with E-state index >= 15 is 0 Å². The summed E-state index contributed by atoms with van der Waals surface area (Å²) in [6.45, 7) is 6.50. The molecule has 1 aromatic heterocycles. The van der Waals surface area contributed by atoms with Gasteiger partial charge in [0.15, 0.2) is 0 Å². The Hall–Kier alpha value is -1.09. The molecule has 78 valence electrons. The molecule has 1 heterocycles. The molecule has 0 aromatic carbocycles. The molecule has 0 saturated heterocycles. The van der Waals surface area contributed by atoms with E-state index in [0.717, 1.165) is 17.7 Å². The van der Waals surface area contributed by atoms with Crippen LogP contribution in [0.4, 0.5) is 5.69 Å². The lowest BCUT2D eigenvalue weighted by Crippen LogP contribution is -2.19. The van der Waals surface area contributed by atoms with Crippen LogP contribution in [-0.4, -0.2) is 4.98 Å². The summed E-state index contributed by atoms with van der Waals surface area (Å²) in [6, 6.07) is 1.77. The van der Waals surface area contributed by atoms with E-state index in [1.165, 1.54) is 0 Å². The molecule has 0 fully saturated rings. The number of nitrogens with zero attached hydrogens (tertiary/aromatic N) is 1. The van der Waals surface area contributed by atoms with Crippen molar-refractivity contribution in [1.82, 2.24) is 4.98 Å². The van der Waals surface area contributed by atoms with E-state index in [2.05, 4.69) is 25.8 Å². The smallest absolute Gasteiger partial charge is 0.0393 e. The predicted octanol–water partition coefficient (Wildman–Crippen LogP) is 2.10. The third-order valence-electron chi connectivity index (χ3n) is 2.12. The average molecular weight is 193 g/mol. The molecule has 0 radical (unpaired) electrons. The molecule has 0 amide bonds. The maximum Gasteiger partial charge on any atom is 0.0393 e. The van der Waals surface area contributed by atoms with Crippen molar-refractivity contribution in [2.24, 2.45) is 11.1 Å². The van der Waals surface area contributed by atoms with E-state index in [4.69, 9.17) is 11.5 Å². The number of nitrogen functional groups attached to an aromatic ring is 1. The molecule has 0 bridgehead atoms. The van der Waals surface area contributed by atoms with Crippen LogP contribution in [0, 0.1) is 5.41 Å². The van der Waals surface area contributed by atoms with Crippen molar-refractivity contribution in [2.75, 3.05) is 5.73 Å².